The molecule has 8 rings (SSSR count). The second-order valence-electron chi connectivity index (χ2n) is 8.96. The lowest BCUT2D eigenvalue weighted by molar-refractivity contribution is 0.669. The van der Waals surface area contributed by atoms with E-state index in [4.69, 9.17) is 8.83 Å². The molecule has 0 aliphatic carbocycles. The number of nitrogens with zero attached hydrogens (tertiary/aromatic N) is 1. The molecule has 0 aliphatic rings. The molecule has 0 saturated carbocycles. The molecule has 3 heteroatoms. The summed E-state index contributed by atoms with van der Waals surface area (Å²) in [4.78, 5) is 0. The molecule has 3 nitrogen and oxygen atoms in total. The number of aromatic nitrogens is 1. The molecule has 0 amide bonds. The normalized spacial score (nSPS) is 12.0. The van der Waals surface area contributed by atoms with Crippen LogP contribution in [0.4, 0.5) is 0 Å². The summed E-state index contributed by atoms with van der Waals surface area (Å²) in [6, 6.07) is 40.0. The summed E-state index contributed by atoms with van der Waals surface area (Å²) in [5.74, 6) is 0. The Kier molecular flexibility index (Phi) is 3.66. The van der Waals surface area contributed by atoms with Crippen molar-refractivity contribution in [1.82, 2.24) is 4.57 Å². The predicted molar refractivity (Wildman–Crippen MR) is 143 cm³/mol. The first-order valence-corrected chi connectivity index (χ1v) is 11.8. The van der Waals surface area contributed by atoms with Gasteiger partial charge >= 0.3 is 0 Å². The summed E-state index contributed by atoms with van der Waals surface area (Å²) in [7, 11) is 0. The molecule has 0 N–H and O–H groups in total. The van der Waals surface area contributed by atoms with Gasteiger partial charge in [-0.15, -0.1) is 0 Å². The largest absolute Gasteiger partial charge is 0.455 e. The number of hydrogen-bond donors (Lipinski definition) is 0. The van der Waals surface area contributed by atoms with Crippen LogP contribution in [0.5, 0.6) is 0 Å². The smallest absolute Gasteiger partial charge is 0.161 e. The molecule has 5 aromatic carbocycles. The van der Waals surface area contributed by atoms with Gasteiger partial charge in [-0.2, -0.15) is 0 Å². The van der Waals surface area contributed by atoms with Gasteiger partial charge in [-0.25, -0.2) is 0 Å². The van der Waals surface area contributed by atoms with Crippen molar-refractivity contribution < 1.29 is 8.83 Å². The predicted octanol–water partition coefficient (Wildman–Crippen LogP) is 9.10. The van der Waals surface area contributed by atoms with Gasteiger partial charge in [-0.3, -0.25) is 0 Å². The molecule has 164 valence electrons. The monoisotopic (exact) mass is 449 g/mol. The van der Waals surface area contributed by atoms with Crippen molar-refractivity contribution in [3.63, 3.8) is 0 Å². The molecular formula is C32H19NO2. The highest BCUT2D eigenvalue weighted by molar-refractivity contribution is 6.17. The molecule has 0 fully saturated rings. The number of fused-ring (bicyclic) bond motifs is 8. The fourth-order valence-electron chi connectivity index (χ4n) is 5.46. The van der Waals surface area contributed by atoms with Crippen molar-refractivity contribution in [3.8, 4) is 16.8 Å². The summed E-state index contributed by atoms with van der Waals surface area (Å²) in [6.45, 7) is 0. The number of benzene rings is 5. The van der Waals surface area contributed by atoms with Gasteiger partial charge < -0.3 is 13.4 Å². The topological polar surface area (TPSA) is 31.2 Å². The third-order valence-corrected chi connectivity index (χ3v) is 7.00. The van der Waals surface area contributed by atoms with Crippen molar-refractivity contribution in [3.05, 3.63) is 115 Å². The molecule has 0 atom stereocenters. The van der Waals surface area contributed by atoms with E-state index in [0.717, 1.165) is 71.7 Å². The molecule has 3 aromatic heterocycles. The van der Waals surface area contributed by atoms with Crippen LogP contribution in [-0.2, 0) is 0 Å². The zero-order valence-corrected chi connectivity index (χ0v) is 18.7. The quantitative estimate of drug-likeness (QED) is 0.263. The van der Waals surface area contributed by atoms with E-state index in [-0.39, 0.29) is 0 Å². The maximum atomic E-state index is 6.45. The lowest BCUT2D eigenvalue weighted by atomic mass is 10.0. The third kappa shape index (κ3) is 2.55. The molecule has 0 radical (unpaired) electrons. The zero-order valence-electron chi connectivity index (χ0n) is 18.7. The number of hydrogen-bond acceptors (Lipinski definition) is 2. The van der Waals surface area contributed by atoms with Gasteiger partial charge in [0.2, 0.25) is 0 Å². The standard InChI is InChI=1S/C32H19NO2/c1-2-9-21(10-3-1)33-27-15-6-4-12-25(27)32-30(33)26-19-20(17-18-29(26)35-32)22-13-8-14-24-23-11-5-7-16-28(23)34-31(22)24/h1-19H. The fraction of sp³-hybridized carbons (Fsp3) is 0. The number of rotatable bonds is 2. The Hall–Kier alpha value is -4.76. The molecule has 8 aromatic rings. The van der Waals surface area contributed by atoms with E-state index in [1.165, 1.54) is 0 Å². The Morgan fingerprint density at radius 1 is 0.486 bits per heavy atom. The average Bonchev–Trinajstić information content (AvgIpc) is 3.57. The lowest BCUT2D eigenvalue weighted by Gasteiger charge is -2.08. The van der Waals surface area contributed by atoms with Gasteiger partial charge in [0.25, 0.3) is 0 Å². The zero-order chi connectivity index (χ0) is 22.9. The maximum absolute atomic E-state index is 6.45. The molecule has 0 unspecified atom stereocenters. The van der Waals surface area contributed by atoms with E-state index >= 15 is 0 Å². The van der Waals surface area contributed by atoms with Crippen molar-refractivity contribution in [2.75, 3.05) is 0 Å². The minimum atomic E-state index is 0.881. The summed E-state index contributed by atoms with van der Waals surface area (Å²) in [5.41, 5.74) is 9.15. The van der Waals surface area contributed by atoms with Gasteiger partial charge in [0.1, 0.15) is 22.3 Å². The second kappa shape index (κ2) is 6.87. The molecule has 0 saturated heterocycles. The summed E-state index contributed by atoms with van der Waals surface area (Å²) >= 11 is 0. The van der Waals surface area contributed by atoms with E-state index in [1.807, 2.05) is 18.2 Å². The number of furan rings is 2. The van der Waals surface area contributed by atoms with E-state index < -0.39 is 0 Å². The van der Waals surface area contributed by atoms with Gasteiger partial charge in [0.15, 0.2) is 5.58 Å². The van der Waals surface area contributed by atoms with Crippen LogP contribution in [0.2, 0.25) is 0 Å². The van der Waals surface area contributed by atoms with Gasteiger partial charge in [0, 0.05) is 32.8 Å². The van der Waals surface area contributed by atoms with Gasteiger partial charge in [-0.1, -0.05) is 72.8 Å². The van der Waals surface area contributed by atoms with Crippen LogP contribution in [-0.4, -0.2) is 4.57 Å². The van der Waals surface area contributed by atoms with Crippen molar-refractivity contribution >= 4 is 54.9 Å². The van der Waals surface area contributed by atoms with E-state index in [1.54, 1.807) is 0 Å². The Morgan fingerprint density at radius 3 is 2.11 bits per heavy atom. The Bertz CT molecular complexity index is 2050. The molecule has 0 bridgehead atoms. The fourth-order valence-corrected chi connectivity index (χ4v) is 5.46. The van der Waals surface area contributed by atoms with Crippen LogP contribution < -0.4 is 0 Å². The maximum Gasteiger partial charge on any atom is 0.161 e. The summed E-state index contributed by atoms with van der Waals surface area (Å²) in [6.07, 6.45) is 0. The van der Waals surface area contributed by atoms with Crippen molar-refractivity contribution in [2.24, 2.45) is 0 Å². The van der Waals surface area contributed by atoms with Crippen LogP contribution in [0.3, 0.4) is 0 Å². The Morgan fingerprint density at radius 2 is 1.20 bits per heavy atom. The number of para-hydroxylation sites is 4. The third-order valence-electron chi connectivity index (χ3n) is 7.00. The molecule has 0 aliphatic heterocycles. The van der Waals surface area contributed by atoms with Gasteiger partial charge in [-0.05, 0) is 48.0 Å². The van der Waals surface area contributed by atoms with Crippen LogP contribution in [0.1, 0.15) is 0 Å². The SMILES string of the molecule is c1ccc(-n2c3ccccc3c3oc4ccc(-c5cccc6c5oc5ccccc56)cc4c32)cc1. The first-order chi connectivity index (χ1) is 17.4. The Labute approximate surface area is 200 Å². The van der Waals surface area contributed by atoms with Crippen LogP contribution in [0.25, 0.3) is 71.7 Å². The average molecular weight is 450 g/mol. The first kappa shape index (κ1) is 18.6. The molecule has 3 heterocycles. The van der Waals surface area contributed by atoms with E-state index in [0.29, 0.717) is 0 Å². The van der Waals surface area contributed by atoms with Crippen LogP contribution >= 0.6 is 0 Å². The summed E-state index contributed by atoms with van der Waals surface area (Å²) in [5, 5.41) is 4.48. The summed E-state index contributed by atoms with van der Waals surface area (Å²) < 4.78 is 15.1. The molecule has 35 heavy (non-hydrogen) atoms. The van der Waals surface area contributed by atoms with E-state index in [9.17, 15) is 0 Å². The second-order valence-corrected chi connectivity index (χ2v) is 8.96. The lowest BCUT2D eigenvalue weighted by Crippen LogP contribution is -1.92. The minimum absolute atomic E-state index is 0.881. The van der Waals surface area contributed by atoms with E-state index in [2.05, 4.69) is 102 Å². The van der Waals surface area contributed by atoms with Crippen LogP contribution in [0.15, 0.2) is 124 Å². The van der Waals surface area contributed by atoms with Crippen molar-refractivity contribution in [2.45, 2.75) is 0 Å². The molecular weight excluding hydrogens is 430 g/mol. The highest BCUT2D eigenvalue weighted by atomic mass is 16.3. The highest BCUT2D eigenvalue weighted by Crippen LogP contribution is 2.41. The first-order valence-electron chi connectivity index (χ1n) is 11.8. The van der Waals surface area contributed by atoms with Crippen LogP contribution in [0, 0.1) is 0 Å². The molecule has 0 spiro atoms. The minimum Gasteiger partial charge on any atom is -0.455 e. The van der Waals surface area contributed by atoms with Gasteiger partial charge in [0.05, 0.1) is 5.52 Å². The Balaban J connectivity index is 1.47. The highest BCUT2D eigenvalue weighted by Gasteiger charge is 2.20. The van der Waals surface area contributed by atoms with Crippen molar-refractivity contribution in [1.29, 1.82) is 0 Å².